The number of hydrogen-bond donors (Lipinski definition) is 0. The lowest BCUT2D eigenvalue weighted by atomic mass is 9.88. The Morgan fingerprint density at radius 2 is 1.66 bits per heavy atom. The standard InChI is InChI=1S/C25H28O7/c1-3-25(17-29-15-19-10-6-4-7-11-19)23(30-16-20-12-8-5-9-13-20)21(14-22(27)28)24(32-25)31-18(2)26/h3-13,21,23-24H,1,14-17H2,2H3,(H,27,28)/p-1/t21?,23?,24?,25-/m1/s1. The van der Waals surface area contributed by atoms with Crippen LogP contribution in [0.15, 0.2) is 73.3 Å². The van der Waals surface area contributed by atoms with E-state index in [-0.39, 0.29) is 13.2 Å². The Morgan fingerprint density at radius 1 is 1.06 bits per heavy atom. The highest BCUT2D eigenvalue weighted by atomic mass is 16.7. The average molecular weight is 439 g/mol. The first-order chi connectivity index (χ1) is 15.4. The van der Waals surface area contributed by atoms with Crippen LogP contribution in [0, 0.1) is 5.92 Å². The molecular weight excluding hydrogens is 412 g/mol. The molecule has 3 unspecified atom stereocenters. The zero-order chi connectivity index (χ0) is 23.0. The van der Waals surface area contributed by atoms with Gasteiger partial charge < -0.3 is 28.8 Å². The van der Waals surface area contributed by atoms with Gasteiger partial charge in [0.1, 0.15) is 11.7 Å². The first kappa shape index (κ1) is 23.7. The Hall–Kier alpha value is -3.00. The predicted molar refractivity (Wildman–Crippen MR) is 114 cm³/mol. The fraction of sp³-hybridized carbons (Fsp3) is 0.360. The minimum atomic E-state index is -1.30. The summed E-state index contributed by atoms with van der Waals surface area (Å²) in [6, 6.07) is 19.0. The second-order valence-electron chi connectivity index (χ2n) is 7.69. The molecule has 0 aromatic heterocycles. The van der Waals surface area contributed by atoms with Gasteiger partial charge in [-0.1, -0.05) is 66.7 Å². The zero-order valence-corrected chi connectivity index (χ0v) is 18.0. The minimum absolute atomic E-state index is 0.0339. The van der Waals surface area contributed by atoms with Crippen LogP contribution in [0.3, 0.4) is 0 Å². The normalized spacial score (nSPS) is 24.7. The second-order valence-corrected chi connectivity index (χ2v) is 7.69. The molecule has 1 fully saturated rings. The Balaban J connectivity index is 1.83. The van der Waals surface area contributed by atoms with E-state index < -0.39 is 42.3 Å². The van der Waals surface area contributed by atoms with Crippen LogP contribution in [-0.4, -0.2) is 36.5 Å². The molecule has 7 heteroatoms. The number of ether oxygens (including phenoxy) is 4. The quantitative estimate of drug-likeness (QED) is 0.392. The highest BCUT2D eigenvalue weighted by Crippen LogP contribution is 2.42. The highest BCUT2D eigenvalue weighted by molar-refractivity contribution is 5.67. The van der Waals surface area contributed by atoms with Gasteiger partial charge in [0.15, 0.2) is 0 Å². The molecule has 2 aromatic carbocycles. The average Bonchev–Trinajstić information content (AvgIpc) is 3.05. The number of carboxylic acids is 1. The monoisotopic (exact) mass is 439 g/mol. The van der Waals surface area contributed by atoms with Crippen molar-refractivity contribution < 1.29 is 33.6 Å². The molecule has 0 radical (unpaired) electrons. The van der Waals surface area contributed by atoms with Gasteiger partial charge in [0.05, 0.1) is 25.7 Å². The number of carbonyl (C=O) groups excluding carboxylic acids is 2. The van der Waals surface area contributed by atoms with Gasteiger partial charge in [-0.2, -0.15) is 0 Å². The first-order valence-corrected chi connectivity index (χ1v) is 10.4. The molecule has 1 aliphatic rings. The van der Waals surface area contributed by atoms with Crippen molar-refractivity contribution in [2.45, 2.75) is 44.6 Å². The van der Waals surface area contributed by atoms with Crippen molar-refractivity contribution in [3.63, 3.8) is 0 Å². The van der Waals surface area contributed by atoms with E-state index in [0.29, 0.717) is 6.61 Å². The summed E-state index contributed by atoms with van der Waals surface area (Å²) in [4.78, 5) is 23.1. The molecule has 7 nitrogen and oxygen atoms in total. The van der Waals surface area contributed by atoms with Gasteiger partial charge in [0.2, 0.25) is 6.29 Å². The van der Waals surface area contributed by atoms with Gasteiger partial charge in [-0.25, -0.2) is 0 Å². The number of rotatable bonds is 11. The summed E-state index contributed by atoms with van der Waals surface area (Å²) in [6.07, 6.45) is -0.812. The Morgan fingerprint density at radius 3 is 2.19 bits per heavy atom. The first-order valence-electron chi connectivity index (χ1n) is 10.4. The highest BCUT2D eigenvalue weighted by Gasteiger charge is 2.56. The van der Waals surface area contributed by atoms with Gasteiger partial charge in [-0.3, -0.25) is 4.79 Å². The molecule has 4 atom stereocenters. The van der Waals surface area contributed by atoms with Crippen molar-refractivity contribution in [3.8, 4) is 0 Å². The molecule has 0 amide bonds. The van der Waals surface area contributed by atoms with Crippen LogP contribution in [0.4, 0.5) is 0 Å². The second kappa shape index (κ2) is 11.0. The number of esters is 1. The lowest BCUT2D eigenvalue weighted by Gasteiger charge is -2.32. The zero-order valence-electron chi connectivity index (χ0n) is 18.0. The van der Waals surface area contributed by atoms with E-state index in [0.717, 1.165) is 11.1 Å². The third-order valence-electron chi connectivity index (χ3n) is 5.30. The van der Waals surface area contributed by atoms with Crippen LogP contribution in [0.1, 0.15) is 24.5 Å². The van der Waals surface area contributed by atoms with E-state index >= 15 is 0 Å². The Labute approximate surface area is 187 Å². The number of carbonyl (C=O) groups is 2. The molecular formula is C25H27O7-. The number of carboxylic acid groups (broad SMARTS) is 1. The van der Waals surface area contributed by atoms with Crippen LogP contribution in [0.5, 0.6) is 0 Å². The smallest absolute Gasteiger partial charge is 0.304 e. The minimum Gasteiger partial charge on any atom is -0.550 e. The lowest BCUT2D eigenvalue weighted by Crippen LogP contribution is -2.46. The molecule has 0 N–H and O–H groups in total. The summed E-state index contributed by atoms with van der Waals surface area (Å²) in [5.41, 5.74) is 0.650. The molecule has 0 saturated carbocycles. The Bertz CT molecular complexity index is 899. The number of aliphatic carboxylic acids is 1. The van der Waals surface area contributed by atoms with Crippen molar-refractivity contribution in [3.05, 3.63) is 84.4 Å². The molecule has 0 bridgehead atoms. The summed E-state index contributed by atoms with van der Waals surface area (Å²) < 4.78 is 23.4. The maximum absolute atomic E-state index is 11.7. The van der Waals surface area contributed by atoms with E-state index in [4.69, 9.17) is 18.9 Å². The van der Waals surface area contributed by atoms with E-state index in [1.54, 1.807) is 0 Å². The fourth-order valence-corrected chi connectivity index (χ4v) is 3.81. The molecule has 170 valence electrons. The van der Waals surface area contributed by atoms with Crippen LogP contribution in [0.25, 0.3) is 0 Å². The molecule has 2 aromatic rings. The van der Waals surface area contributed by atoms with Crippen molar-refractivity contribution >= 4 is 11.9 Å². The lowest BCUT2D eigenvalue weighted by molar-refractivity contribution is -0.308. The molecule has 3 rings (SSSR count). The fourth-order valence-electron chi connectivity index (χ4n) is 3.81. The maximum atomic E-state index is 11.7. The van der Waals surface area contributed by atoms with Crippen molar-refractivity contribution in [1.29, 1.82) is 0 Å². The molecule has 0 spiro atoms. The summed E-state index contributed by atoms with van der Waals surface area (Å²) in [7, 11) is 0. The van der Waals surface area contributed by atoms with Gasteiger partial charge >= 0.3 is 5.97 Å². The largest absolute Gasteiger partial charge is 0.550 e. The number of hydrogen-bond acceptors (Lipinski definition) is 7. The van der Waals surface area contributed by atoms with Crippen molar-refractivity contribution in [1.82, 2.24) is 0 Å². The van der Waals surface area contributed by atoms with E-state index in [1.165, 1.54) is 13.0 Å². The van der Waals surface area contributed by atoms with Gasteiger partial charge in [0.25, 0.3) is 0 Å². The van der Waals surface area contributed by atoms with Gasteiger partial charge in [-0.05, 0) is 17.5 Å². The van der Waals surface area contributed by atoms with E-state index in [9.17, 15) is 14.7 Å². The summed E-state index contributed by atoms with van der Waals surface area (Å²) in [5.74, 6) is -2.69. The Kier molecular flexibility index (Phi) is 8.16. The summed E-state index contributed by atoms with van der Waals surface area (Å²) in [5, 5.41) is 11.5. The predicted octanol–water partition coefficient (Wildman–Crippen LogP) is 2.39. The van der Waals surface area contributed by atoms with Crippen LogP contribution in [-0.2, 0) is 41.8 Å². The number of benzene rings is 2. The molecule has 1 saturated heterocycles. The third kappa shape index (κ3) is 6.03. The van der Waals surface area contributed by atoms with E-state index in [1.807, 2.05) is 60.7 Å². The van der Waals surface area contributed by atoms with Crippen LogP contribution >= 0.6 is 0 Å². The van der Waals surface area contributed by atoms with Crippen LogP contribution < -0.4 is 5.11 Å². The molecule has 1 aliphatic heterocycles. The molecule has 1 heterocycles. The SMILES string of the molecule is C=C[C@]1(COCc2ccccc2)OC(OC(C)=O)C(CC(=O)[O-])C1OCc1ccccc1. The summed E-state index contributed by atoms with van der Waals surface area (Å²) in [6.45, 7) is 5.68. The molecule has 0 aliphatic carbocycles. The van der Waals surface area contributed by atoms with E-state index in [2.05, 4.69) is 6.58 Å². The summed E-state index contributed by atoms with van der Waals surface area (Å²) >= 11 is 0. The maximum Gasteiger partial charge on any atom is 0.304 e. The molecule has 32 heavy (non-hydrogen) atoms. The topological polar surface area (TPSA) is 94.1 Å². The van der Waals surface area contributed by atoms with Gasteiger partial charge in [0, 0.05) is 12.9 Å². The van der Waals surface area contributed by atoms with Gasteiger partial charge in [-0.15, -0.1) is 6.58 Å². The van der Waals surface area contributed by atoms with Crippen LogP contribution in [0.2, 0.25) is 0 Å². The third-order valence-corrected chi connectivity index (χ3v) is 5.30. The van der Waals surface area contributed by atoms with Crippen molar-refractivity contribution in [2.75, 3.05) is 6.61 Å². The van der Waals surface area contributed by atoms with Crippen molar-refractivity contribution in [2.24, 2.45) is 5.92 Å².